The largest absolute Gasteiger partial charge is 0.310 e. The second-order valence-corrected chi connectivity index (χ2v) is 20.0. The molecule has 0 unspecified atom stereocenters. The van der Waals surface area contributed by atoms with Crippen LogP contribution in [0.4, 0.5) is 34.1 Å². The van der Waals surface area contributed by atoms with Crippen molar-refractivity contribution in [3.05, 3.63) is 275 Å². The van der Waals surface area contributed by atoms with E-state index in [0.29, 0.717) is 0 Å². The Labute approximate surface area is 416 Å². The topological polar surface area (TPSA) is 6.48 Å². The average molecular weight is 954 g/mol. The van der Waals surface area contributed by atoms with Gasteiger partial charge in [-0.3, -0.25) is 0 Å². The summed E-state index contributed by atoms with van der Waals surface area (Å²) in [6, 6.07) is 89.5. The number of fused-ring (bicyclic) bond motifs is 6. The Balaban J connectivity index is 0.000000151. The van der Waals surface area contributed by atoms with E-state index in [2.05, 4.69) is 302 Å². The van der Waals surface area contributed by atoms with Crippen LogP contribution >= 0.6 is 15.9 Å². The molecule has 0 bridgehead atoms. The molecule has 0 saturated carbocycles. The van der Waals surface area contributed by atoms with E-state index in [1.165, 1.54) is 78.1 Å². The summed E-state index contributed by atoms with van der Waals surface area (Å²) in [7, 11) is 0. The lowest BCUT2D eigenvalue weighted by atomic mass is 9.82. The fourth-order valence-electron chi connectivity index (χ4n) is 10.6. The molecule has 334 valence electrons. The van der Waals surface area contributed by atoms with E-state index in [9.17, 15) is 0 Å². The lowest BCUT2D eigenvalue weighted by Crippen LogP contribution is -2.16. The first-order valence-electron chi connectivity index (χ1n) is 23.9. The van der Waals surface area contributed by atoms with Crippen molar-refractivity contribution in [2.75, 3.05) is 9.80 Å². The fraction of sp³-hybridized carbons (Fsp3) is 0.0909. The molecule has 0 aliphatic heterocycles. The number of rotatable bonds is 8. The number of nitrogens with zero attached hydrogens (tertiary/aromatic N) is 2. The quantitative estimate of drug-likeness (QED) is 0.150. The molecule has 0 fully saturated rings. The van der Waals surface area contributed by atoms with E-state index >= 15 is 0 Å². The zero-order valence-electron chi connectivity index (χ0n) is 39.4. The summed E-state index contributed by atoms with van der Waals surface area (Å²) in [5.41, 5.74) is 22.7. The molecule has 2 aliphatic rings. The summed E-state index contributed by atoms with van der Waals surface area (Å²) < 4.78 is 1.08. The number of hydrogen-bond acceptors (Lipinski definition) is 2. The summed E-state index contributed by atoms with van der Waals surface area (Å²) in [6.45, 7) is 9.34. The molecule has 3 heteroatoms. The molecule has 0 N–H and O–H groups in total. The van der Waals surface area contributed by atoms with Crippen molar-refractivity contribution in [3.63, 3.8) is 0 Å². The van der Waals surface area contributed by atoms with Crippen LogP contribution in [0.15, 0.2) is 253 Å². The van der Waals surface area contributed by atoms with Gasteiger partial charge in [-0.05, 0) is 152 Å². The second-order valence-electron chi connectivity index (χ2n) is 19.1. The van der Waals surface area contributed by atoms with E-state index in [0.717, 1.165) is 27.2 Å². The third kappa shape index (κ3) is 8.17. The molecule has 0 amide bonds. The van der Waals surface area contributed by atoms with Crippen molar-refractivity contribution in [1.29, 1.82) is 0 Å². The minimum Gasteiger partial charge on any atom is -0.310 e. The second kappa shape index (κ2) is 18.1. The van der Waals surface area contributed by atoms with Gasteiger partial charge in [-0.15, -0.1) is 0 Å². The summed E-state index contributed by atoms with van der Waals surface area (Å²) >= 11 is 3.60. The van der Waals surface area contributed by atoms with Gasteiger partial charge in [0.15, 0.2) is 0 Å². The molecule has 0 atom stereocenters. The number of hydrogen-bond donors (Lipinski definition) is 0. The number of para-hydroxylation sites is 1. The smallest absolute Gasteiger partial charge is 0.0465 e. The third-order valence-electron chi connectivity index (χ3n) is 14.2. The molecule has 0 aromatic heterocycles. The molecule has 10 aromatic carbocycles. The molecule has 0 spiro atoms. The van der Waals surface area contributed by atoms with Gasteiger partial charge in [0.25, 0.3) is 0 Å². The zero-order valence-corrected chi connectivity index (χ0v) is 41.0. The normalized spacial score (nSPS) is 13.2. The Kier molecular flexibility index (Phi) is 11.5. The number of anilines is 6. The van der Waals surface area contributed by atoms with E-state index in [-0.39, 0.29) is 10.8 Å². The fourth-order valence-corrected chi connectivity index (χ4v) is 10.9. The maximum atomic E-state index is 3.60. The van der Waals surface area contributed by atoms with Gasteiger partial charge in [0.2, 0.25) is 0 Å². The minimum absolute atomic E-state index is 0.0263. The van der Waals surface area contributed by atoms with Crippen LogP contribution in [0, 0.1) is 0 Å². The van der Waals surface area contributed by atoms with Crippen molar-refractivity contribution < 1.29 is 0 Å². The maximum Gasteiger partial charge on any atom is 0.0465 e. The van der Waals surface area contributed by atoms with Gasteiger partial charge in [-0.2, -0.15) is 0 Å². The molecule has 69 heavy (non-hydrogen) atoms. The zero-order chi connectivity index (χ0) is 47.1. The van der Waals surface area contributed by atoms with Crippen molar-refractivity contribution in [1.82, 2.24) is 0 Å². The van der Waals surface area contributed by atoms with E-state index in [4.69, 9.17) is 0 Å². The lowest BCUT2D eigenvalue weighted by Gasteiger charge is -2.28. The molecule has 10 aromatic rings. The van der Waals surface area contributed by atoms with Gasteiger partial charge in [0.1, 0.15) is 0 Å². The maximum absolute atomic E-state index is 3.60. The Morgan fingerprint density at radius 2 is 0.551 bits per heavy atom. The molecular formula is C66H53BrN2. The van der Waals surface area contributed by atoms with Gasteiger partial charge in [0.05, 0.1) is 0 Å². The van der Waals surface area contributed by atoms with Gasteiger partial charge >= 0.3 is 0 Å². The number of halogens is 1. The highest BCUT2D eigenvalue weighted by Crippen LogP contribution is 2.52. The first-order chi connectivity index (χ1) is 33.6. The first-order valence-corrected chi connectivity index (χ1v) is 24.7. The Morgan fingerprint density at radius 1 is 0.261 bits per heavy atom. The monoisotopic (exact) mass is 952 g/mol. The van der Waals surface area contributed by atoms with Crippen LogP contribution in [0.5, 0.6) is 0 Å². The van der Waals surface area contributed by atoms with Crippen molar-refractivity contribution >= 4 is 50.1 Å². The summed E-state index contributed by atoms with van der Waals surface area (Å²) in [4.78, 5) is 4.70. The highest BCUT2D eigenvalue weighted by molar-refractivity contribution is 9.10. The first kappa shape index (κ1) is 43.8. The molecule has 0 saturated heterocycles. The molecule has 0 radical (unpaired) electrons. The molecule has 12 rings (SSSR count). The van der Waals surface area contributed by atoms with E-state index < -0.39 is 0 Å². The molecule has 2 aliphatic carbocycles. The predicted molar refractivity (Wildman–Crippen MR) is 296 cm³/mol. The highest BCUT2D eigenvalue weighted by atomic mass is 79.9. The standard InChI is InChI=1S/C33H26BrN.C33H27N/c1-33(2)31-11-7-6-10-29(31)30-21-20-28(22-32(30)33)35(27-18-14-25(34)15-19-27)26-16-12-24(13-17-26)23-8-4-3-5-9-23;1-33(2)31-16-10-9-15-29(31)30-22-21-28(23-32(30)33)34(26-13-7-4-8-14-26)27-19-17-25(18-20-27)24-11-5-3-6-12-24/h3-22H,1-2H3;3-23H,1-2H3. The third-order valence-corrected chi connectivity index (χ3v) is 14.7. The van der Waals surface area contributed by atoms with Gasteiger partial charge in [0, 0.05) is 49.4 Å². The Hall–Kier alpha value is -7.72. The van der Waals surface area contributed by atoms with Gasteiger partial charge in [-0.25, -0.2) is 0 Å². The van der Waals surface area contributed by atoms with Crippen LogP contribution < -0.4 is 9.80 Å². The molecule has 2 nitrogen and oxygen atoms in total. The van der Waals surface area contributed by atoms with Crippen LogP contribution in [0.3, 0.4) is 0 Å². The summed E-state index contributed by atoms with van der Waals surface area (Å²) in [5.74, 6) is 0. The predicted octanol–water partition coefficient (Wildman–Crippen LogP) is 19.0. The van der Waals surface area contributed by atoms with Crippen LogP contribution in [0.25, 0.3) is 44.5 Å². The van der Waals surface area contributed by atoms with Crippen molar-refractivity contribution in [2.45, 2.75) is 38.5 Å². The number of benzene rings is 10. The molecule has 0 heterocycles. The van der Waals surface area contributed by atoms with Gasteiger partial charge < -0.3 is 9.80 Å². The van der Waals surface area contributed by atoms with Crippen LogP contribution in [-0.4, -0.2) is 0 Å². The van der Waals surface area contributed by atoms with E-state index in [1.807, 2.05) is 0 Å². The van der Waals surface area contributed by atoms with Crippen LogP contribution in [-0.2, 0) is 10.8 Å². The summed E-state index contributed by atoms with van der Waals surface area (Å²) in [6.07, 6.45) is 0. The van der Waals surface area contributed by atoms with Gasteiger partial charge in [-0.1, -0.05) is 207 Å². The molecular weight excluding hydrogens is 901 g/mol. The highest BCUT2D eigenvalue weighted by Gasteiger charge is 2.37. The Morgan fingerprint density at radius 3 is 0.957 bits per heavy atom. The SMILES string of the molecule is CC1(C)c2ccccc2-c2ccc(N(c3ccc(Br)cc3)c3ccc(-c4ccccc4)cc3)cc21.CC1(C)c2ccccc2-c2ccc(N(c3ccccc3)c3ccc(-c4ccccc4)cc3)cc21. The lowest BCUT2D eigenvalue weighted by molar-refractivity contribution is 0.660. The van der Waals surface area contributed by atoms with Crippen molar-refractivity contribution in [2.24, 2.45) is 0 Å². The minimum atomic E-state index is -0.0372. The average Bonchev–Trinajstić information content (AvgIpc) is 3.77. The Bertz CT molecular complexity index is 3410. The summed E-state index contributed by atoms with van der Waals surface area (Å²) in [5, 5.41) is 0. The van der Waals surface area contributed by atoms with Crippen molar-refractivity contribution in [3.8, 4) is 44.5 Å². The van der Waals surface area contributed by atoms with Crippen LogP contribution in [0.2, 0.25) is 0 Å². The van der Waals surface area contributed by atoms with Crippen LogP contribution in [0.1, 0.15) is 49.9 Å². The van der Waals surface area contributed by atoms with E-state index in [1.54, 1.807) is 0 Å².